The minimum Gasteiger partial charge on any atom is -0.374 e. The molecule has 4 heteroatoms. The number of fused-ring (bicyclic) bond motifs is 6. The van der Waals surface area contributed by atoms with Gasteiger partial charge in [-0.05, 0) is 86.0 Å². The Bertz CT molecular complexity index is 736. The minimum atomic E-state index is 0.0909. The summed E-state index contributed by atoms with van der Waals surface area (Å²) in [4.78, 5) is 24.4. The number of carbonyl (C=O) groups is 2. The molecule has 4 aliphatic carbocycles. The first-order valence-electron chi connectivity index (χ1n) is 11.3. The number of rotatable bonds is 1. The van der Waals surface area contributed by atoms with Gasteiger partial charge in [0.05, 0.1) is 5.60 Å². The highest BCUT2D eigenvalue weighted by Gasteiger charge is 2.67. The van der Waals surface area contributed by atoms with Crippen LogP contribution in [0.25, 0.3) is 0 Å². The third-order valence-electron chi connectivity index (χ3n) is 9.67. The van der Waals surface area contributed by atoms with E-state index >= 15 is 0 Å². The van der Waals surface area contributed by atoms with Gasteiger partial charge in [-0.3, -0.25) is 9.59 Å². The van der Waals surface area contributed by atoms with Crippen LogP contribution in [0, 0.1) is 28.6 Å². The van der Waals surface area contributed by atoms with E-state index in [1.807, 2.05) is 6.08 Å². The van der Waals surface area contributed by atoms with Crippen molar-refractivity contribution in [3.63, 3.8) is 0 Å². The van der Waals surface area contributed by atoms with Gasteiger partial charge in [-0.15, -0.1) is 0 Å². The number of hydrogen-bond acceptors (Lipinski definition) is 4. The summed E-state index contributed by atoms with van der Waals surface area (Å²) in [6.07, 6.45) is 11.9. The zero-order valence-electron chi connectivity index (χ0n) is 17.6. The van der Waals surface area contributed by atoms with Gasteiger partial charge in [0.15, 0.2) is 10.9 Å². The number of ether oxygens (including phenoxy) is 1. The van der Waals surface area contributed by atoms with Gasteiger partial charge in [-0.2, -0.15) is 0 Å². The number of hydrogen-bond donors (Lipinski definition) is 0. The zero-order chi connectivity index (χ0) is 19.7. The monoisotopic (exact) mass is 402 g/mol. The Morgan fingerprint density at radius 1 is 1.14 bits per heavy atom. The van der Waals surface area contributed by atoms with Crippen LogP contribution in [-0.4, -0.2) is 28.4 Å². The molecule has 7 atom stereocenters. The lowest BCUT2D eigenvalue weighted by molar-refractivity contribution is -0.135. The predicted molar refractivity (Wildman–Crippen MR) is 112 cm³/mol. The lowest BCUT2D eigenvalue weighted by Gasteiger charge is -2.61. The van der Waals surface area contributed by atoms with Crippen molar-refractivity contribution in [1.29, 1.82) is 0 Å². The highest BCUT2D eigenvalue weighted by Crippen LogP contribution is 2.70. The third-order valence-corrected chi connectivity index (χ3v) is 10.8. The summed E-state index contributed by atoms with van der Waals surface area (Å²) >= 11 is 1.56. The molecule has 1 aliphatic heterocycles. The van der Waals surface area contributed by atoms with Crippen LogP contribution in [0.1, 0.15) is 78.6 Å². The number of thioether (sulfide) groups is 1. The molecular weight excluding hydrogens is 368 g/mol. The Labute approximate surface area is 173 Å². The minimum absolute atomic E-state index is 0.0909. The van der Waals surface area contributed by atoms with Crippen molar-refractivity contribution in [2.24, 2.45) is 28.6 Å². The normalized spacial score (nSPS) is 50.1. The Morgan fingerprint density at radius 3 is 2.64 bits per heavy atom. The first kappa shape index (κ1) is 19.4. The largest absolute Gasteiger partial charge is 0.374 e. The Morgan fingerprint density at radius 2 is 1.93 bits per heavy atom. The fourth-order valence-corrected chi connectivity index (χ4v) is 9.50. The molecule has 1 saturated heterocycles. The summed E-state index contributed by atoms with van der Waals surface area (Å²) in [6, 6.07) is 0. The fraction of sp³-hybridized carbons (Fsp3) is 0.833. The topological polar surface area (TPSA) is 43.4 Å². The van der Waals surface area contributed by atoms with E-state index in [4.69, 9.17) is 4.74 Å². The van der Waals surface area contributed by atoms with Crippen molar-refractivity contribution >= 4 is 22.7 Å². The maximum Gasteiger partial charge on any atom is 0.186 e. The first-order chi connectivity index (χ1) is 13.3. The van der Waals surface area contributed by atoms with Crippen molar-refractivity contribution in [3.8, 4) is 0 Å². The van der Waals surface area contributed by atoms with E-state index in [2.05, 4.69) is 13.8 Å². The predicted octanol–water partition coefficient (Wildman–Crippen LogP) is 5.33. The maximum absolute atomic E-state index is 12.2. The lowest BCUT2D eigenvalue weighted by atomic mass is 9.46. The second-order valence-corrected chi connectivity index (χ2v) is 12.1. The van der Waals surface area contributed by atoms with Gasteiger partial charge in [-0.25, -0.2) is 0 Å². The quantitative estimate of drug-likeness (QED) is 0.595. The van der Waals surface area contributed by atoms with Crippen molar-refractivity contribution in [1.82, 2.24) is 0 Å². The summed E-state index contributed by atoms with van der Waals surface area (Å²) in [5.41, 5.74) is 1.84. The molecule has 3 nitrogen and oxygen atoms in total. The average molecular weight is 403 g/mol. The summed E-state index contributed by atoms with van der Waals surface area (Å²) in [5, 5.41) is 0.557. The molecule has 0 aromatic carbocycles. The molecule has 0 aromatic rings. The van der Waals surface area contributed by atoms with Gasteiger partial charge < -0.3 is 4.74 Å². The van der Waals surface area contributed by atoms with Crippen LogP contribution >= 0.6 is 11.8 Å². The maximum atomic E-state index is 12.2. The Balaban J connectivity index is 1.56. The number of ketones is 1. The van der Waals surface area contributed by atoms with Gasteiger partial charge in [0.2, 0.25) is 0 Å². The SMILES string of the molecule is CC(=O)S[C@H]1CC2=CC(=O)CC[C@@]2(C)[C@H]2CC[C@]3(C)C(CC[C@]34CCCO4)[C@@H]12. The Hall–Kier alpha value is -0.610. The van der Waals surface area contributed by atoms with Gasteiger partial charge in [0.1, 0.15) is 0 Å². The molecule has 0 bridgehead atoms. The summed E-state index contributed by atoms with van der Waals surface area (Å²) in [5.74, 6) is 2.12. The molecule has 1 unspecified atom stereocenters. The van der Waals surface area contributed by atoms with E-state index in [0.29, 0.717) is 29.4 Å². The molecule has 28 heavy (non-hydrogen) atoms. The molecule has 5 rings (SSSR count). The van der Waals surface area contributed by atoms with Gasteiger partial charge >= 0.3 is 0 Å². The highest BCUT2D eigenvalue weighted by molar-refractivity contribution is 8.14. The number of allylic oxidation sites excluding steroid dienone is 1. The molecule has 1 spiro atoms. The lowest BCUT2D eigenvalue weighted by Crippen LogP contribution is -2.57. The van der Waals surface area contributed by atoms with Gasteiger partial charge in [-0.1, -0.05) is 31.2 Å². The van der Waals surface area contributed by atoms with Crippen LogP contribution in [0.15, 0.2) is 11.6 Å². The van der Waals surface area contributed by atoms with E-state index in [-0.39, 0.29) is 27.3 Å². The molecule has 0 radical (unpaired) electrons. The first-order valence-corrected chi connectivity index (χ1v) is 12.2. The summed E-state index contributed by atoms with van der Waals surface area (Å²) in [6.45, 7) is 7.58. The molecule has 5 aliphatic rings. The molecule has 0 aromatic heterocycles. The molecule has 0 amide bonds. The van der Waals surface area contributed by atoms with Crippen LogP contribution in [0.2, 0.25) is 0 Å². The van der Waals surface area contributed by atoms with Crippen LogP contribution in [0.4, 0.5) is 0 Å². The zero-order valence-corrected chi connectivity index (χ0v) is 18.4. The van der Waals surface area contributed by atoms with Crippen molar-refractivity contribution < 1.29 is 14.3 Å². The van der Waals surface area contributed by atoms with Crippen LogP contribution < -0.4 is 0 Å². The van der Waals surface area contributed by atoms with Crippen molar-refractivity contribution in [2.45, 2.75) is 89.4 Å². The second-order valence-electron chi connectivity index (χ2n) is 10.6. The average Bonchev–Trinajstić information content (AvgIpc) is 3.23. The molecule has 154 valence electrons. The second kappa shape index (κ2) is 6.44. The fourth-order valence-electron chi connectivity index (χ4n) is 8.27. The smallest absolute Gasteiger partial charge is 0.186 e. The van der Waals surface area contributed by atoms with Crippen LogP contribution in [0.3, 0.4) is 0 Å². The molecular formula is C24H34O3S. The van der Waals surface area contributed by atoms with Crippen LogP contribution in [0.5, 0.6) is 0 Å². The van der Waals surface area contributed by atoms with Gasteiger partial charge in [0.25, 0.3) is 0 Å². The highest BCUT2D eigenvalue weighted by atomic mass is 32.2. The molecule has 4 fully saturated rings. The number of carbonyl (C=O) groups excluding carboxylic acids is 2. The van der Waals surface area contributed by atoms with E-state index in [1.165, 1.54) is 44.1 Å². The summed E-state index contributed by atoms with van der Waals surface area (Å²) < 4.78 is 6.49. The molecule has 3 saturated carbocycles. The van der Waals surface area contributed by atoms with Gasteiger partial charge in [0, 0.05) is 25.2 Å². The van der Waals surface area contributed by atoms with Crippen LogP contribution in [-0.2, 0) is 14.3 Å². The molecule has 1 heterocycles. The van der Waals surface area contributed by atoms with E-state index in [0.717, 1.165) is 19.4 Å². The van der Waals surface area contributed by atoms with E-state index in [9.17, 15) is 9.59 Å². The van der Waals surface area contributed by atoms with E-state index in [1.54, 1.807) is 18.7 Å². The van der Waals surface area contributed by atoms with Crippen molar-refractivity contribution in [3.05, 3.63) is 11.6 Å². The van der Waals surface area contributed by atoms with E-state index < -0.39 is 0 Å². The standard InChI is InChI=1S/C24H34O3S/c1-15(25)28-20-14-16-13-17(26)5-9-22(16,2)18-6-10-23(3)19(21(18)20)7-11-24(23)8-4-12-27-24/h13,18-21H,4-12,14H2,1-3H3/t18-,19?,20-,21-,22+,23+,24+/m0/s1. The van der Waals surface area contributed by atoms with Crippen molar-refractivity contribution in [2.75, 3.05) is 6.61 Å². The Kier molecular flexibility index (Phi) is 4.45. The third kappa shape index (κ3) is 2.52. The molecule has 0 N–H and O–H groups in total. The summed E-state index contributed by atoms with van der Waals surface area (Å²) in [7, 11) is 0.